The van der Waals surface area contributed by atoms with Gasteiger partial charge in [-0.25, -0.2) is 4.68 Å². The minimum Gasteiger partial charge on any atom is -0.395 e. The lowest BCUT2D eigenvalue weighted by Crippen LogP contribution is -1.99. The van der Waals surface area contributed by atoms with Crippen molar-refractivity contribution < 1.29 is 5.11 Å². The highest BCUT2D eigenvalue weighted by Gasteiger charge is 2.12. The van der Waals surface area contributed by atoms with Gasteiger partial charge >= 0.3 is 0 Å². The molecule has 1 heterocycles. The molecule has 28 heavy (non-hydrogen) atoms. The van der Waals surface area contributed by atoms with E-state index in [1.54, 1.807) is 10.7 Å². The largest absolute Gasteiger partial charge is 0.395 e. The van der Waals surface area contributed by atoms with Gasteiger partial charge < -0.3 is 5.11 Å². The Morgan fingerprint density at radius 2 is 1.64 bits per heavy atom. The molecule has 0 saturated carbocycles. The van der Waals surface area contributed by atoms with Crippen molar-refractivity contribution in [1.29, 1.82) is 0 Å². The molecule has 3 nitrogen and oxygen atoms in total. The molecule has 1 N–H and O–H groups in total. The minimum atomic E-state index is 0.0217. The van der Waals surface area contributed by atoms with Crippen LogP contribution >= 0.6 is 23.2 Å². The van der Waals surface area contributed by atoms with E-state index in [4.69, 9.17) is 33.4 Å². The second-order valence-electron chi connectivity index (χ2n) is 6.29. The summed E-state index contributed by atoms with van der Waals surface area (Å²) in [6, 6.07) is 21.6. The van der Waals surface area contributed by atoms with Crippen LogP contribution in [0.1, 0.15) is 12.1 Å². The van der Waals surface area contributed by atoms with Crippen LogP contribution in [0, 0.1) is 11.8 Å². The molecule has 0 aliphatic heterocycles. The van der Waals surface area contributed by atoms with E-state index >= 15 is 0 Å². The zero-order valence-electron chi connectivity index (χ0n) is 14.9. The second kappa shape index (κ2) is 8.08. The number of benzene rings is 3. The summed E-state index contributed by atoms with van der Waals surface area (Å²) in [7, 11) is 0. The third-order valence-corrected chi connectivity index (χ3v) is 4.73. The Morgan fingerprint density at radius 1 is 0.893 bits per heavy atom. The molecule has 0 fully saturated rings. The fraction of sp³-hybridized carbons (Fsp3) is 0.0870. The fourth-order valence-corrected chi connectivity index (χ4v) is 3.55. The highest BCUT2D eigenvalue weighted by Crippen LogP contribution is 2.28. The Morgan fingerprint density at radius 3 is 2.39 bits per heavy atom. The summed E-state index contributed by atoms with van der Waals surface area (Å²) in [5.41, 5.74) is 3.19. The first-order chi connectivity index (χ1) is 13.6. The molecule has 1 aromatic heterocycles. The van der Waals surface area contributed by atoms with E-state index in [0.717, 1.165) is 33.4 Å². The number of fused-ring (bicyclic) bond motifs is 1. The van der Waals surface area contributed by atoms with Crippen LogP contribution in [-0.4, -0.2) is 21.5 Å². The molecule has 0 atom stereocenters. The number of aromatic nitrogens is 2. The van der Waals surface area contributed by atoms with Crippen LogP contribution in [0.5, 0.6) is 0 Å². The van der Waals surface area contributed by atoms with Gasteiger partial charge in [-0.2, -0.15) is 5.10 Å². The predicted molar refractivity (Wildman–Crippen MR) is 115 cm³/mol. The first-order valence-electron chi connectivity index (χ1n) is 8.79. The van der Waals surface area contributed by atoms with Crippen molar-refractivity contribution in [1.82, 2.24) is 9.78 Å². The van der Waals surface area contributed by atoms with Crippen molar-refractivity contribution in [3.8, 4) is 28.8 Å². The van der Waals surface area contributed by atoms with Gasteiger partial charge in [-0.3, -0.25) is 0 Å². The number of nitrogens with zero attached hydrogens (tertiary/aromatic N) is 2. The molecule has 0 aliphatic carbocycles. The lowest BCUT2D eigenvalue weighted by Gasteiger charge is -2.06. The van der Waals surface area contributed by atoms with E-state index in [0.29, 0.717) is 16.5 Å². The Balaban J connectivity index is 1.86. The van der Waals surface area contributed by atoms with E-state index in [1.165, 1.54) is 0 Å². The molecular weight excluding hydrogens is 391 g/mol. The second-order valence-corrected chi connectivity index (χ2v) is 7.16. The van der Waals surface area contributed by atoms with E-state index in [1.807, 2.05) is 36.4 Å². The van der Waals surface area contributed by atoms with Crippen LogP contribution in [0.25, 0.3) is 27.7 Å². The number of hydrogen-bond acceptors (Lipinski definition) is 2. The van der Waals surface area contributed by atoms with Crippen LogP contribution in [0.2, 0.25) is 10.0 Å². The molecule has 0 spiro atoms. The summed E-state index contributed by atoms with van der Waals surface area (Å²) in [4.78, 5) is 0. The van der Waals surface area contributed by atoms with Gasteiger partial charge in [-0.05, 0) is 47.0 Å². The summed E-state index contributed by atoms with van der Waals surface area (Å²) in [5.74, 6) is 6.08. The van der Waals surface area contributed by atoms with E-state index in [9.17, 15) is 0 Å². The molecule has 0 bridgehead atoms. The SMILES string of the molecule is OCCC#Cc1cc(-c2cc(Cl)cc(Cl)c2)nn1-c1ccc2ccccc2c1. The Hall–Kier alpha value is -2.77. The van der Waals surface area contributed by atoms with E-state index in [2.05, 4.69) is 36.1 Å². The lowest BCUT2D eigenvalue weighted by atomic mass is 10.1. The molecule has 4 rings (SSSR count). The lowest BCUT2D eigenvalue weighted by molar-refractivity contribution is 0.305. The van der Waals surface area contributed by atoms with Crippen LogP contribution in [-0.2, 0) is 0 Å². The van der Waals surface area contributed by atoms with Crippen LogP contribution < -0.4 is 0 Å². The van der Waals surface area contributed by atoms with Crippen molar-refractivity contribution in [2.24, 2.45) is 0 Å². The van der Waals surface area contributed by atoms with Gasteiger partial charge in [0.15, 0.2) is 0 Å². The summed E-state index contributed by atoms with van der Waals surface area (Å²) in [6.45, 7) is 0.0217. The molecule has 0 aliphatic rings. The zero-order chi connectivity index (χ0) is 19.5. The fourth-order valence-electron chi connectivity index (χ4n) is 3.03. The number of aliphatic hydroxyl groups is 1. The number of rotatable bonds is 3. The maximum absolute atomic E-state index is 9.04. The van der Waals surface area contributed by atoms with Gasteiger partial charge in [0.2, 0.25) is 0 Å². The molecule has 138 valence electrons. The third-order valence-electron chi connectivity index (χ3n) is 4.30. The summed E-state index contributed by atoms with van der Waals surface area (Å²) >= 11 is 12.3. The smallest absolute Gasteiger partial charge is 0.117 e. The summed E-state index contributed by atoms with van der Waals surface area (Å²) in [5, 5.41) is 17.2. The normalized spacial score (nSPS) is 10.7. The number of hydrogen-bond donors (Lipinski definition) is 1. The number of aliphatic hydroxyl groups excluding tert-OH is 1. The van der Waals surface area contributed by atoms with E-state index < -0.39 is 0 Å². The minimum absolute atomic E-state index is 0.0217. The maximum atomic E-state index is 9.04. The molecule has 4 aromatic rings. The van der Waals surface area contributed by atoms with E-state index in [-0.39, 0.29) is 6.61 Å². The molecule has 0 unspecified atom stereocenters. The first kappa shape index (κ1) is 18.6. The van der Waals surface area contributed by atoms with Gasteiger partial charge in [-0.1, -0.05) is 59.5 Å². The molecule has 0 amide bonds. The molecule has 5 heteroatoms. The maximum Gasteiger partial charge on any atom is 0.117 e. The van der Waals surface area contributed by atoms with Crippen molar-refractivity contribution in [2.45, 2.75) is 6.42 Å². The van der Waals surface area contributed by atoms with Gasteiger partial charge in [-0.15, -0.1) is 0 Å². The standard InChI is InChI=1S/C23H16Cl2N2O/c24-19-11-18(12-20(25)14-19)23-15-21(7-3-4-10-28)27(26-23)22-9-8-16-5-1-2-6-17(16)13-22/h1-2,5-6,8-9,11-15,28H,4,10H2. The number of halogens is 2. The van der Waals surface area contributed by atoms with Crippen molar-refractivity contribution in [2.75, 3.05) is 6.61 Å². The van der Waals surface area contributed by atoms with Crippen molar-refractivity contribution >= 4 is 34.0 Å². The average molecular weight is 407 g/mol. The van der Waals surface area contributed by atoms with Crippen molar-refractivity contribution in [3.05, 3.63) is 82.5 Å². The quantitative estimate of drug-likeness (QED) is 0.440. The topological polar surface area (TPSA) is 38.1 Å². The Labute approximate surface area is 173 Å². The van der Waals surface area contributed by atoms with Crippen LogP contribution in [0.15, 0.2) is 66.7 Å². The van der Waals surface area contributed by atoms with Crippen LogP contribution in [0.4, 0.5) is 0 Å². The highest BCUT2D eigenvalue weighted by atomic mass is 35.5. The van der Waals surface area contributed by atoms with Crippen LogP contribution in [0.3, 0.4) is 0 Å². The zero-order valence-corrected chi connectivity index (χ0v) is 16.4. The van der Waals surface area contributed by atoms with Gasteiger partial charge in [0.05, 0.1) is 18.0 Å². The first-order valence-corrected chi connectivity index (χ1v) is 9.55. The Bertz CT molecular complexity index is 1200. The van der Waals surface area contributed by atoms with Gasteiger partial charge in [0.1, 0.15) is 5.69 Å². The van der Waals surface area contributed by atoms with Gasteiger partial charge in [0, 0.05) is 28.1 Å². The molecule has 3 aromatic carbocycles. The molecular formula is C23H16Cl2N2O. The molecule has 0 radical (unpaired) electrons. The summed E-state index contributed by atoms with van der Waals surface area (Å²) < 4.78 is 1.81. The molecule has 0 saturated heterocycles. The predicted octanol–water partition coefficient (Wildman–Crippen LogP) is 5.73. The Kier molecular flexibility index (Phi) is 5.36. The summed E-state index contributed by atoms with van der Waals surface area (Å²) in [6.07, 6.45) is 0.404. The monoisotopic (exact) mass is 406 g/mol. The third kappa shape index (κ3) is 3.90. The average Bonchev–Trinajstić information content (AvgIpc) is 3.11. The highest BCUT2D eigenvalue weighted by molar-refractivity contribution is 6.35. The van der Waals surface area contributed by atoms with Crippen molar-refractivity contribution in [3.63, 3.8) is 0 Å². The van der Waals surface area contributed by atoms with Gasteiger partial charge in [0.25, 0.3) is 0 Å².